The van der Waals surface area contributed by atoms with Crippen molar-refractivity contribution in [3.63, 3.8) is 0 Å². The summed E-state index contributed by atoms with van der Waals surface area (Å²) >= 11 is 6.22. The van der Waals surface area contributed by atoms with E-state index in [-0.39, 0.29) is 12.4 Å². The van der Waals surface area contributed by atoms with Gasteiger partial charge >= 0.3 is 0 Å². The van der Waals surface area contributed by atoms with Gasteiger partial charge in [0, 0.05) is 35.8 Å². The molecule has 0 amide bonds. The Kier molecular flexibility index (Phi) is 8.52. The van der Waals surface area contributed by atoms with Crippen LogP contribution in [0.3, 0.4) is 0 Å². The van der Waals surface area contributed by atoms with Gasteiger partial charge in [-0.3, -0.25) is 0 Å². The van der Waals surface area contributed by atoms with Crippen LogP contribution in [0.1, 0.15) is 24.0 Å². The first-order chi connectivity index (χ1) is 12.3. The Labute approximate surface area is 166 Å². The number of halogens is 2. The van der Waals surface area contributed by atoms with E-state index in [1.807, 2.05) is 42.5 Å². The van der Waals surface area contributed by atoms with Crippen LogP contribution in [-0.2, 0) is 17.9 Å². The fraction of sp³-hybridized carbons (Fsp3) is 0.400. The van der Waals surface area contributed by atoms with Crippen LogP contribution in [0.4, 0.5) is 0 Å². The molecule has 1 fully saturated rings. The third-order valence-corrected chi connectivity index (χ3v) is 4.69. The maximum atomic E-state index is 6.22. The molecular weight excluding hydrogens is 373 g/mol. The van der Waals surface area contributed by atoms with Crippen molar-refractivity contribution in [1.82, 2.24) is 5.32 Å². The molecule has 3 rings (SSSR count). The molecule has 2 aromatic rings. The molecule has 0 aliphatic carbocycles. The molecule has 0 spiro atoms. The van der Waals surface area contributed by atoms with E-state index in [0.29, 0.717) is 24.3 Å². The summed E-state index contributed by atoms with van der Waals surface area (Å²) in [6, 6.07) is 13.6. The molecule has 4 nitrogen and oxygen atoms in total. The molecule has 0 bridgehead atoms. The van der Waals surface area contributed by atoms with Crippen molar-refractivity contribution in [2.45, 2.75) is 32.1 Å². The van der Waals surface area contributed by atoms with Crippen molar-refractivity contribution < 1.29 is 26.6 Å². The lowest BCUT2D eigenvalue weighted by Crippen LogP contribution is -3.00. The highest BCUT2D eigenvalue weighted by molar-refractivity contribution is 6.31. The molecule has 2 aromatic carbocycles. The van der Waals surface area contributed by atoms with E-state index < -0.39 is 0 Å². The van der Waals surface area contributed by atoms with Gasteiger partial charge in [0.15, 0.2) is 11.5 Å². The maximum Gasteiger partial charge on any atom is 0.166 e. The molecule has 1 atom stereocenters. The quantitative estimate of drug-likeness (QED) is 0.727. The van der Waals surface area contributed by atoms with Crippen molar-refractivity contribution in [1.29, 1.82) is 0 Å². The van der Waals surface area contributed by atoms with E-state index in [1.165, 1.54) is 0 Å². The van der Waals surface area contributed by atoms with E-state index in [1.54, 1.807) is 7.11 Å². The summed E-state index contributed by atoms with van der Waals surface area (Å²) in [4.78, 5) is 0. The molecule has 26 heavy (non-hydrogen) atoms. The summed E-state index contributed by atoms with van der Waals surface area (Å²) in [6.45, 7) is 2.83. The number of rotatable bonds is 8. The normalized spacial score (nSPS) is 16.2. The smallest absolute Gasteiger partial charge is 0.166 e. The highest BCUT2D eigenvalue weighted by Crippen LogP contribution is 2.32. The van der Waals surface area contributed by atoms with Crippen LogP contribution in [0.25, 0.3) is 0 Å². The predicted molar refractivity (Wildman–Crippen MR) is 99.5 cm³/mol. The average molecular weight is 397 g/mol. The number of hydrogen-bond donors (Lipinski definition) is 1. The van der Waals surface area contributed by atoms with Crippen molar-refractivity contribution in [3.05, 3.63) is 58.6 Å². The van der Waals surface area contributed by atoms with E-state index in [0.717, 1.165) is 48.6 Å². The second-order valence-electron chi connectivity index (χ2n) is 6.09. The van der Waals surface area contributed by atoms with Crippen molar-refractivity contribution in [3.8, 4) is 11.5 Å². The first kappa shape index (κ1) is 20.8. The van der Waals surface area contributed by atoms with E-state index in [4.69, 9.17) is 25.8 Å². The van der Waals surface area contributed by atoms with Crippen LogP contribution in [0.15, 0.2) is 42.5 Å². The standard InChI is InChI=1S/C20H24ClNO3.ClH/c1-23-19-10-4-7-15(12-22-13-17-8-5-11-24-17)20(19)25-14-16-6-2-3-9-18(16)21;/h2-4,6-7,9-10,17,22H,5,8,11-14H2,1H3;1H/p-1. The molecular formula is C20H24Cl2NO3-. The Morgan fingerprint density at radius 1 is 1.15 bits per heavy atom. The van der Waals surface area contributed by atoms with E-state index in [9.17, 15) is 0 Å². The van der Waals surface area contributed by atoms with E-state index in [2.05, 4.69) is 5.32 Å². The number of benzene rings is 2. The lowest BCUT2D eigenvalue weighted by atomic mass is 10.1. The second kappa shape index (κ2) is 10.6. The van der Waals surface area contributed by atoms with Gasteiger partial charge in [-0.25, -0.2) is 0 Å². The first-order valence-electron chi connectivity index (χ1n) is 8.62. The third kappa shape index (κ3) is 5.52. The van der Waals surface area contributed by atoms with Crippen LogP contribution >= 0.6 is 11.6 Å². The molecule has 0 aromatic heterocycles. The van der Waals surface area contributed by atoms with Gasteiger partial charge in [-0.05, 0) is 25.0 Å². The van der Waals surface area contributed by atoms with Crippen LogP contribution in [-0.4, -0.2) is 26.4 Å². The molecule has 0 saturated carbocycles. The van der Waals surface area contributed by atoms with Gasteiger partial charge in [0.25, 0.3) is 0 Å². The number of nitrogens with one attached hydrogen (secondary N) is 1. The minimum Gasteiger partial charge on any atom is -1.00 e. The van der Waals surface area contributed by atoms with Gasteiger partial charge in [-0.15, -0.1) is 0 Å². The maximum absolute atomic E-state index is 6.22. The van der Waals surface area contributed by atoms with Crippen LogP contribution in [0.5, 0.6) is 11.5 Å². The molecule has 1 aliphatic heterocycles. The van der Waals surface area contributed by atoms with Crippen LogP contribution in [0, 0.1) is 0 Å². The first-order valence-corrected chi connectivity index (χ1v) is 9.00. The minimum atomic E-state index is 0. The predicted octanol–water partition coefficient (Wildman–Crippen LogP) is 1.20. The topological polar surface area (TPSA) is 39.7 Å². The molecule has 1 heterocycles. The zero-order chi connectivity index (χ0) is 17.5. The van der Waals surface area contributed by atoms with Crippen molar-refractivity contribution in [2.24, 2.45) is 0 Å². The molecule has 1 aliphatic rings. The summed E-state index contributed by atoms with van der Waals surface area (Å²) in [5.41, 5.74) is 2.01. The van der Waals surface area contributed by atoms with Gasteiger partial charge in [0.1, 0.15) is 6.61 Å². The van der Waals surface area contributed by atoms with Crippen LogP contribution in [0.2, 0.25) is 5.02 Å². The summed E-state index contributed by atoms with van der Waals surface area (Å²) in [5, 5.41) is 4.16. The second-order valence-corrected chi connectivity index (χ2v) is 6.50. The van der Waals surface area contributed by atoms with Gasteiger partial charge in [0.05, 0.1) is 13.2 Å². The minimum absolute atomic E-state index is 0. The molecule has 142 valence electrons. The Morgan fingerprint density at radius 2 is 1.96 bits per heavy atom. The SMILES string of the molecule is COc1cccc(CNCC2CCCO2)c1OCc1ccccc1Cl.[Cl-]. The fourth-order valence-corrected chi connectivity index (χ4v) is 3.15. The Morgan fingerprint density at radius 3 is 2.69 bits per heavy atom. The summed E-state index contributed by atoms with van der Waals surface area (Å²) in [5.74, 6) is 1.48. The summed E-state index contributed by atoms with van der Waals surface area (Å²) < 4.78 is 17.2. The van der Waals surface area contributed by atoms with Gasteiger partial charge in [-0.2, -0.15) is 0 Å². The molecule has 1 saturated heterocycles. The Bertz CT molecular complexity index is 691. The molecule has 1 N–H and O–H groups in total. The number of hydrogen-bond acceptors (Lipinski definition) is 4. The highest BCUT2D eigenvalue weighted by Gasteiger charge is 2.16. The van der Waals surface area contributed by atoms with E-state index >= 15 is 0 Å². The molecule has 6 heteroatoms. The van der Waals surface area contributed by atoms with Gasteiger partial charge < -0.3 is 31.9 Å². The lowest BCUT2D eigenvalue weighted by Gasteiger charge is -2.17. The number of ether oxygens (including phenoxy) is 3. The van der Waals surface area contributed by atoms with Crippen LogP contribution < -0.4 is 27.2 Å². The van der Waals surface area contributed by atoms with Crippen molar-refractivity contribution >= 4 is 11.6 Å². The van der Waals surface area contributed by atoms with Gasteiger partial charge in [0.2, 0.25) is 0 Å². The average Bonchev–Trinajstić information content (AvgIpc) is 3.15. The third-order valence-electron chi connectivity index (χ3n) is 4.32. The highest BCUT2D eigenvalue weighted by atomic mass is 35.5. The molecule has 1 unspecified atom stereocenters. The summed E-state index contributed by atoms with van der Waals surface area (Å²) in [7, 11) is 1.65. The van der Waals surface area contributed by atoms with Gasteiger partial charge in [-0.1, -0.05) is 41.9 Å². The Balaban J connectivity index is 0.00000243. The lowest BCUT2D eigenvalue weighted by molar-refractivity contribution is -0.00000682. The zero-order valence-electron chi connectivity index (χ0n) is 14.8. The summed E-state index contributed by atoms with van der Waals surface area (Å²) in [6.07, 6.45) is 2.59. The molecule has 0 radical (unpaired) electrons. The zero-order valence-corrected chi connectivity index (χ0v) is 16.4. The Hall–Kier alpha value is -1.46. The number of para-hydroxylation sites is 1. The number of methoxy groups -OCH3 is 1. The fourth-order valence-electron chi connectivity index (χ4n) is 2.96. The largest absolute Gasteiger partial charge is 1.00 e. The van der Waals surface area contributed by atoms with Crippen molar-refractivity contribution in [2.75, 3.05) is 20.3 Å². The monoisotopic (exact) mass is 396 g/mol.